The van der Waals surface area contributed by atoms with Crippen molar-refractivity contribution in [1.82, 2.24) is 10.2 Å². The van der Waals surface area contributed by atoms with Crippen molar-refractivity contribution in [1.29, 1.82) is 0 Å². The molecule has 0 aliphatic rings. The number of amides is 2. The van der Waals surface area contributed by atoms with E-state index in [9.17, 15) is 18.0 Å². The fourth-order valence-corrected chi connectivity index (χ4v) is 7.02. The van der Waals surface area contributed by atoms with Crippen LogP contribution in [0, 0.1) is 6.92 Å². The predicted octanol–water partition coefficient (Wildman–Crippen LogP) is 7.71. The highest BCUT2D eigenvalue weighted by Gasteiger charge is 2.35. The van der Waals surface area contributed by atoms with E-state index in [4.69, 9.17) is 34.8 Å². The maximum atomic E-state index is 14.6. The van der Waals surface area contributed by atoms with Crippen LogP contribution in [0.4, 0.5) is 5.69 Å². The number of hydrogen-bond acceptors (Lipinski definition) is 4. The summed E-state index contributed by atoms with van der Waals surface area (Å²) in [6.07, 6.45) is 0.854. The number of benzene rings is 4. The molecule has 242 valence electrons. The van der Waals surface area contributed by atoms with Gasteiger partial charge in [-0.2, -0.15) is 0 Å². The van der Waals surface area contributed by atoms with Gasteiger partial charge in [0.2, 0.25) is 11.8 Å². The summed E-state index contributed by atoms with van der Waals surface area (Å²) in [7, 11) is -4.28. The van der Waals surface area contributed by atoms with Crippen molar-refractivity contribution >= 4 is 62.3 Å². The Morgan fingerprint density at radius 1 is 0.848 bits per heavy atom. The number of halogens is 3. The Kier molecular flexibility index (Phi) is 12.1. The molecule has 11 heteroatoms. The molecule has 4 rings (SSSR count). The number of sulfonamides is 1. The van der Waals surface area contributed by atoms with Gasteiger partial charge >= 0.3 is 0 Å². The van der Waals surface area contributed by atoms with Crippen LogP contribution in [0.3, 0.4) is 0 Å². The second kappa shape index (κ2) is 15.8. The van der Waals surface area contributed by atoms with Crippen LogP contribution >= 0.6 is 34.8 Å². The second-order valence-corrected chi connectivity index (χ2v) is 14.2. The lowest BCUT2D eigenvalue weighted by molar-refractivity contribution is -0.140. The third-order valence-corrected chi connectivity index (χ3v) is 10.3. The van der Waals surface area contributed by atoms with Gasteiger partial charge in [-0.1, -0.05) is 108 Å². The fourth-order valence-electron chi connectivity index (χ4n) is 4.83. The van der Waals surface area contributed by atoms with Gasteiger partial charge in [0.15, 0.2) is 0 Å². The van der Waals surface area contributed by atoms with Crippen LogP contribution in [0.1, 0.15) is 37.0 Å². The molecule has 4 aromatic rings. The molecule has 0 saturated carbocycles. The Labute approximate surface area is 286 Å². The molecule has 0 saturated heterocycles. The van der Waals surface area contributed by atoms with Crippen molar-refractivity contribution < 1.29 is 18.0 Å². The van der Waals surface area contributed by atoms with Crippen LogP contribution in [-0.4, -0.2) is 43.8 Å². The minimum Gasteiger partial charge on any atom is -0.352 e. The van der Waals surface area contributed by atoms with Gasteiger partial charge in [-0.05, 0) is 67.8 Å². The number of carbonyl (C=O) groups is 2. The summed E-state index contributed by atoms with van der Waals surface area (Å²) >= 11 is 19.3. The molecule has 4 aromatic carbocycles. The monoisotopic (exact) mass is 699 g/mol. The number of nitrogens with zero attached hydrogens (tertiary/aromatic N) is 2. The number of anilines is 1. The van der Waals surface area contributed by atoms with Crippen molar-refractivity contribution in [3.05, 3.63) is 129 Å². The lowest BCUT2D eigenvalue weighted by Gasteiger charge is -2.34. The average Bonchev–Trinajstić information content (AvgIpc) is 3.03. The van der Waals surface area contributed by atoms with Gasteiger partial charge in [0.1, 0.15) is 12.6 Å². The molecule has 0 aliphatic heterocycles. The van der Waals surface area contributed by atoms with Gasteiger partial charge in [-0.3, -0.25) is 13.9 Å². The van der Waals surface area contributed by atoms with Gasteiger partial charge < -0.3 is 10.2 Å². The maximum Gasteiger partial charge on any atom is 0.264 e. The summed E-state index contributed by atoms with van der Waals surface area (Å²) in [5.41, 5.74) is 2.37. The van der Waals surface area contributed by atoms with Crippen LogP contribution in [-0.2, 0) is 32.6 Å². The zero-order valence-electron chi connectivity index (χ0n) is 25.8. The molecule has 7 nitrogen and oxygen atoms in total. The summed E-state index contributed by atoms with van der Waals surface area (Å²) in [6, 6.07) is 25.8. The summed E-state index contributed by atoms with van der Waals surface area (Å²) < 4.78 is 29.3. The van der Waals surface area contributed by atoms with Gasteiger partial charge in [0.25, 0.3) is 10.0 Å². The first-order chi connectivity index (χ1) is 21.9. The third-order valence-electron chi connectivity index (χ3n) is 7.64. The lowest BCUT2D eigenvalue weighted by Crippen LogP contribution is -2.54. The minimum atomic E-state index is -4.28. The number of carbonyl (C=O) groups excluding carboxylic acids is 2. The van der Waals surface area contributed by atoms with Crippen molar-refractivity contribution in [2.75, 3.05) is 10.8 Å². The summed E-state index contributed by atoms with van der Waals surface area (Å²) in [5, 5.41) is 3.88. The van der Waals surface area contributed by atoms with Crippen molar-refractivity contribution in [3.8, 4) is 0 Å². The number of aryl methyl sites for hydroxylation is 1. The van der Waals surface area contributed by atoms with Crippen LogP contribution < -0.4 is 9.62 Å². The Bertz CT molecular complexity index is 1770. The Balaban J connectivity index is 1.84. The standard InChI is InChI=1S/C35H36Cl3N3O4S/c1-4-25(3)39-35(43)33(20-26-10-6-5-7-11-26)40(22-27-16-17-28(36)21-31(27)38)34(42)23-41(32-13-9-8-12-30(32)37)46(44,45)29-18-14-24(2)15-19-29/h5-19,21,25,33H,4,20,22-23H2,1-3H3,(H,39,43)/t25-,33-/m0/s1. The fraction of sp³-hybridized carbons (Fsp3) is 0.257. The maximum absolute atomic E-state index is 14.6. The second-order valence-electron chi connectivity index (χ2n) is 11.1. The molecule has 0 bridgehead atoms. The number of para-hydroxylation sites is 1. The average molecular weight is 701 g/mol. The molecule has 2 atom stereocenters. The van der Waals surface area contributed by atoms with E-state index < -0.39 is 28.5 Å². The Morgan fingerprint density at radius 3 is 2.13 bits per heavy atom. The molecular weight excluding hydrogens is 665 g/mol. The molecular formula is C35H36Cl3N3O4S. The van der Waals surface area contributed by atoms with E-state index in [1.807, 2.05) is 51.1 Å². The topological polar surface area (TPSA) is 86.8 Å². The number of hydrogen-bond donors (Lipinski definition) is 1. The molecule has 0 heterocycles. The van der Waals surface area contributed by atoms with Gasteiger partial charge in [-0.15, -0.1) is 0 Å². The molecule has 0 radical (unpaired) electrons. The first-order valence-corrected chi connectivity index (χ1v) is 17.4. The smallest absolute Gasteiger partial charge is 0.264 e. The summed E-state index contributed by atoms with van der Waals surface area (Å²) in [5.74, 6) is -0.996. The van der Waals surface area contributed by atoms with Gasteiger partial charge in [0.05, 0.1) is 15.6 Å². The normalized spacial score (nSPS) is 12.7. The van der Waals surface area contributed by atoms with Crippen molar-refractivity contribution in [3.63, 3.8) is 0 Å². The van der Waals surface area contributed by atoms with Crippen molar-refractivity contribution in [2.45, 2.75) is 57.1 Å². The van der Waals surface area contributed by atoms with Crippen LogP contribution in [0.15, 0.2) is 102 Å². The lowest BCUT2D eigenvalue weighted by atomic mass is 10.0. The van der Waals surface area contributed by atoms with Crippen LogP contribution in [0.2, 0.25) is 15.1 Å². The first-order valence-electron chi connectivity index (χ1n) is 14.8. The SMILES string of the molecule is CC[C@H](C)NC(=O)[C@H](Cc1ccccc1)N(Cc1ccc(Cl)cc1Cl)C(=O)CN(c1ccccc1Cl)S(=O)(=O)c1ccc(C)cc1. The van der Waals surface area contributed by atoms with E-state index in [-0.39, 0.29) is 40.5 Å². The molecule has 0 fully saturated rings. The van der Waals surface area contributed by atoms with E-state index in [2.05, 4.69) is 5.32 Å². The zero-order chi connectivity index (χ0) is 33.4. The van der Waals surface area contributed by atoms with Crippen LogP contribution in [0.5, 0.6) is 0 Å². The molecule has 0 unspecified atom stereocenters. The third kappa shape index (κ3) is 8.82. The highest BCUT2D eigenvalue weighted by Crippen LogP contribution is 2.31. The number of nitrogens with one attached hydrogen (secondary N) is 1. The molecule has 0 spiro atoms. The Morgan fingerprint density at radius 2 is 1.50 bits per heavy atom. The summed E-state index contributed by atoms with van der Waals surface area (Å²) in [4.78, 5) is 29.9. The largest absolute Gasteiger partial charge is 0.352 e. The van der Waals surface area contributed by atoms with E-state index in [1.165, 1.54) is 17.0 Å². The molecule has 46 heavy (non-hydrogen) atoms. The molecule has 2 amide bonds. The van der Waals surface area contributed by atoms with E-state index in [1.54, 1.807) is 54.6 Å². The van der Waals surface area contributed by atoms with E-state index in [0.29, 0.717) is 22.0 Å². The zero-order valence-corrected chi connectivity index (χ0v) is 28.9. The van der Waals surface area contributed by atoms with E-state index >= 15 is 0 Å². The van der Waals surface area contributed by atoms with Gasteiger partial charge in [0, 0.05) is 29.1 Å². The molecule has 0 aliphatic carbocycles. The van der Waals surface area contributed by atoms with E-state index in [0.717, 1.165) is 15.4 Å². The summed E-state index contributed by atoms with van der Waals surface area (Å²) in [6.45, 7) is 4.97. The Hall–Kier alpha value is -3.56. The first kappa shape index (κ1) is 35.3. The van der Waals surface area contributed by atoms with Crippen LogP contribution in [0.25, 0.3) is 0 Å². The number of rotatable bonds is 13. The van der Waals surface area contributed by atoms with Crippen molar-refractivity contribution in [2.24, 2.45) is 0 Å². The molecule has 1 N–H and O–H groups in total. The highest BCUT2D eigenvalue weighted by molar-refractivity contribution is 7.92. The molecule has 0 aromatic heterocycles. The predicted molar refractivity (Wildman–Crippen MR) is 186 cm³/mol. The highest BCUT2D eigenvalue weighted by atomic mass is 35.5. The van der Waals surface area contributed by atoms with Gasteiger partial charge in [-0.25, -0.2) is 8.42 Å². The minimum absolute atomic E-state index is 0.00605. The quantitative estimate of drug-likeness (QED) is 0.155.